The van der Waals surface area contributed by atoms with Crippen LogP contribution >= 0.6 is 23.6 Å². The molecule has 0 saturated carbocycles. The molecule has 4 rings (SSSR count). The largest absolute Gasteiger partial charge is 0.339 e. The molecule has 2 heterocycles. The molecule has 47 heavy (non-hydrogen) atoms. The van der Waals surface area contributed by atoms with Gasteiger partial charge in [-0.2, -0.15) is 31.7 Å². The molecule has 0 fully saturated rings. The van der Waals surface area contributed by atoms with Crippen molar-refractivity contribution < 1.29 is 40.6 Å². The van der Waals surface area contributed by atoms with E-state index in [-0.39, 0.29) is 48.8 Å². The summed E-state index contributed by atoms with van der Waals surface area (Å²) in [7, 11) is -8.91. The first-order valence-corrected chi connectivity index (χ1v) is 17.3. The van der Waals surface area contributed by atoms with Crippen LogP contribution < -0.4 is 10.6 Å². The van der Waals surface area contributed by atoms with E-state index in [4.69, 9.17) is 5.26 Å². The van der Waals surface area contributed by atoms with Gasteiger partial charge < -0.3 is 10.6 Å². The average Bonchev–Trinajstić information content (AvgIpc) is 3.43. The predicted octanol–water partition coefficient (Wildman–Crippen LogP) is 6.51. The van der Waals surface area contributed by atoms with E-state index in [0.717, 1.165) is 47.8 Å². The van der Waals surface area contributed by atoms with Gasteiger partial charge in [-0.15, -0.1) is 14.6 Å². The van der Waals surface area contributed by atoms with Crippen LogP contribution in [0.4, 0.5) is 33.7 Å². The molecule has 2 aromatic carbocycles. The molecule has 21 heteroatoms. The van der Waals surface area contributed by atoms with Crippen molar-refractivity contribution in [3.05, 3.63) is 70.9 Å². The molecular weight excluding hydrogens is 697 g/mol. The summed E-state index contributed by atoms with van der Waals surface area (Å²) in [6.45, 7) is 3.37. The highest BCUT2D eigenvalue weighted by Gasteiger charge is 2.24. The van der Waals surface area contributed by atoms with Gasteiger partial charge in [0.1, 0.15) is 23.4 Å². The summed E-state index contributed by atoms with van der Waals surface area (Å²) in [4.78, 5) is 3.80. The molecule has 0 aliphatic rings. The monoisotopic (exact) mass is 718 g/mol. The number of nitriles is 2. The summed E-state index contributed by atoms with van der Waals surface area (Å²) < 4.78 is 73.3. The third kappa shape index (κ3) is 8.44. The molecule has 1 unspecified atom stereocenters. The highest BCUT2D eigenvalue weighted by atomic mass is 32.2. The van der Waals surface area contributed by atoms with Crippen molar-refractivity contribution in [1.29, 1.82) is 10.5 Å². The van der Waals surface area contributed by atoms with E-state index >= 15 is 0 Å². The van der Waals surface area contributed by atoms with E-state index in [0.29, 0.717) is 23.5 Å². The van der Waals surface area contributed by atoms with Crippen LogP contribution in [0.15, 0.2) is 68.6 Å². The van der Waals surface area contributed by atoms with Gasteiger partial charge >= 0.3 is 0 Å². The predicted molar refractivity (Wildman–Crippen MR) is 169 cm³/mol. The molecule has 1 atom stereocenters. The number of hydrogen-bond donors (Lipinski definition) is 5. The molecule has 0 saturated heterocycles. The molecule has 4 aromatic rings. The van der Waals surface area contributed by atoms with E-state index in [1.54, 1.807) is 13.8 Å². The van der Waals surface area contributed by atoms with Gasteiger partial charge in [-0.3, -0.25) is 9.11 Å². The minimum Gasteiger partial charge on any atom is -0.339 e. The van der Waals surface area contributed by atoms with E-state index < -0.39 is 25.5 Å². The lowest BCUT2D eigenvalue weighted by Gasteiger charge is -2.16. The van der Waals surface area contributed by atoms with Crippen LogP contribution in [0.25, 0.3) is 0 Å². The van der Waals surface area contributed by atoms with Gasteiger partial charge in [0.05, 0.1) is 26.3 Å². The maximum Gasteiger partial charge on any atom is 0.294 e. The first kappa shape index (κ1) is 35.3. The number of azo groups is 1. The molecule has 17 nitrogen and oxygen atoms in total. The number of aromatic nitrogens is 2. The number of benzene rings is 2. The molecule has 2 aromatic heterocycles. The van der Waals surface area contributed by atoms with Gasteiger partial charge in [-0.05, 0) is 73.4 Å². The standard InChI is InChI=1S/C26H22N8O9S4/c1-3-21(45-43-42-35)23-20(13-28)26(44-34-23)33-32-22-14(2)19(12-27)24(29-15-4-8-17(9-5-15)46(36,37)38)31-25(22)30-16-6-10-18(11-7-16)47(39,40)41/h4-11,21,35H,3H2,1-2H3,(H2,29,30,31)(H,36,37,38)(H,39,40,41). The van der Waals surface area contributed by atoms with Gasteiger partial charge in [0, 0.05) is 29.0 Å². The van der Waals surface area contributed by atoms with Crippen molar-refractivity contribution in [3.63, 3.8) is 0 Å². The van der Waals surface area contributed by atoms with E-state index in [1.807, 2.05) is 12.1 Å². The van der Waals surface area contributed by atoms with Gasteiger partial charge in [-0.1, -0.05) is 12.0 Å². The Hall–Kier alpha value is -4.55. The Morgan fingerprint density at radius 2 is 1.45 bits per heavy atom. The number of nitrogens with one attached hydrogen (secondary N) is 2. The second-order valence-corrected chi connectivity index (χ2v) is 13.7. The number of rotatable bonds is 13. The lowest BCUT2D eigenvalue weighted by atomic mass is 10.1. The van der Waals surface area contributed by atoms with Crippen LogP contribution in [0.2, 0.25) is 0 Å². The van der Waals surface area contributed by atoms with Crippen molar-refractivity contribution in [2.45, 2.75) is 35.3 Å². The van der Waals surface area contributed by atoms with E-state index in [1.165, 1.54) is 24.3 Å². The molecule has 0 spiro atoms. The Balaban J connectivity index is 1.81. The molecular formula is C26H22N8O9S4. The Bertz CT molecular complexity index is 2110. The van der Waals surface area contributed by atoms with Gasteiger partial charge in [0.15, 0.2) is 16.6 Å². The van der Waals surface area contributed by atoms with Crippen molar-refractivity contribution >= 4 is 77.5 Å². The van der Waals surface area contributed by atoms with Gasteiger partial charge in [0.25, 0.3) is 20.2 Å². The molecule has 0 bridgehead atoms. The van der Waals surface area contributed by atoms with Crippen molar-refractivity contribution in [2.24, 2.45) is 10.2 Å². The van der Waals surface area contributed by atoms with Crippen molar-refractivity contribution in [3.8, 4) is 12.1 Å². The van der Waals surface area contributed by atoms with Crippen LogP contribution in [0, 0.1) is 29.6 Å². The zero-order chi connectivity index (χ0) is 34.4. The average molecular weight is 719 g/mol. The second-order valence-electron chi connectivity index (χ2n) is 9.21. The van der Waals surface area contributed by atoms with Crippen LogP contribution in [-0.4, -0.2) is 40.6 Å². The van der Waals surface area contributed by atoms with Gasteiger partial charge in [-0.25, -0.2) is 10.2 Å². The minimum atomic E-state index is -4.46. The van der Waals surface area contributed by atoms with Gasteiger partial charge in [0.2, 0.25) is 0 Å². The van der Waals surface area contributed by atoms with Crippen LogP contribution in [0.1, 0.15) is 41.0 Å². The molecule has 0 aliphatic heterocycles. The minimum absolute atomic E-state index is 0.0207. The molecule has 5 N–H and O–H groups in total. The summed E-state index contributed by atoms with van der Waals surface area (Å²) in [6, 6.07) is 14.1. The fraction of sp³-hybridized carbons (Fsp3) is 0.154. The number of anilines is 4. The Labute approximate surface area is 276 Å². The van der Waals surface area contributed by atoms with Crippen LogP contribution in [0.3, 0.4) is 0 Å². The lowest BCUT2D eigenvalue weighted by Crippen LogP contribution is -2.05. The van der Waals surface area contributed by atoms with E-state index in [9.17, 15) is 36.5 Å². The third-order valence-corrected chi connectivity index (χ3v) is 9.68. The SMILES string of the molecule is CCC(SOOO)c1nsc(N=Nc2c(Nc3ccc(S(=O)(=O)O)cc3)nc(Nc3ccc(S(=O)(=O)O)cc3)c(C#N)c2C)c1C#N. The highest BCUT2D eigenvalue weighted by Crippen LogP contribution is 2.41. The summed E-state index contributed by atoms with van der Waals surface area (Å²) in [5.74, 6) is 0.0490. The van der Waals surface area contributed by atoms with E-state index in [2.05, 4.69) is 39.6 Å². The quantitative estimate of drug-likeness (QED) is 0.0324. The number of pyridine rings is 1. The topological polar surface area (TPSA) is 270 Å². The number of hydrogen-bond acceptors (Lipinski definition) is 17. The summed E-state index contributed by atoms with van der Waals surface area (Å²) in [5, 5.41) is 46.2. The normalized spacial score (nSPS) is 12.4. The van der Waals surface area contributed by atoms with Crippen LogP contribution in [-0.2, 0) is 29.6 Å². The molecule has 0 aliphatic carbocycles. The first-order chi connectivity index (χ1) is 22.3. The number of nitrogens with zero attached hydrogens (tertiary/aromatic N) is 6. The fourth-order valence-electron chi connectivity index (χ4n) is 3.98. The molecule has 244 valence electrons. The summed E-state index contributed by atoms with van der Waals surface area (Å²) >= 11 is 1.61. The Morgan fingerprint density at radius 1 is 0.915 bits per heavy atom. The molecule has 0 radical (unpaired) electrons. The van der Waals surface area contributed by atoms with Crippen molar-refractivity contribution in [1.82, 2.24) is 9.36 Å². The zero-order valence-corrected chi connectivity index (χ0v) is 27.3. The fourth-order valence-corrected chi connectivity index (χ4v) is 6.26. The van der Waals surface area contributed by atoms with Crippen molar-refractivity contribution in [2.75, 3.05) is 10.6 Å². The molecule has 0 amide bonds. The lowest BCUT2D eigenvalue weighted by molar-refractivity contribution is -0.432. The maximum atomic E-state index is 11.5. The first-order valence-electron chi connectivity index (χ1n) is 12.9. The summed E-state index contributed by atoms with van der Waals surface area (Å²) in [6.07, 6.45) is 0.453. The Kier molecular flexibility index (Phi) is 11.2. The zero-order valence-electron chi connectivity index (χ0n) is 24.0. The Morgan fingerprint density at radius 3 is 1.91 bits per heavy atom. The second kappa shape index (κ2) is 14.9. The van der Waals surface area contributed by atoms with Crippen LogP contribution in [0.5, 0.6) is 0 Å². The summed E-state index contributed by atoms with van der Waals surface area (Å²) in [5.41, 5.74) is 1.39. The third-order valence-electron chi connectivity index (χ3n) is 6.27. The maximum absolute atomic E-state index is 11.5. The highest BCUT2D eigenvalue weighted by molar-refractivity contribution is 7.94. The smallest absolute Gasteiger partial charge is 0.294 e.